The Labute approximate surface area is 151 Å². The van der Waals surface area contributed by atoms with E-state index < -0.39 is 17.4 Å². The van der Waals surface area contributed by atoms with Crippen LogP contribution in [0.3, 0.4) is 0 Å². The molecule has 26 heavy (non-hydrogen) atoms. The number of hydrogen-bond acceptors (Lipinski definition) is 6. The van der Waals surface area contributed by atoms with E-state index in [0.29, 0.717) is 13.1 Å². The topological polar surface area (TPSA) is 104 Å². The lowest BCUT2D eigenvalue weighted by Crippen LogP contribution is -2.12. The number of halogens is 3. The number of nitro benzene ring substituents is 1. The largest absolute Gasteiger partial charge is 0.446 e. The first-order valence-corrected chi connectivity index (χ1v) is 8.10. The van der Waals surface area contributed by atoms with Crippen LogP contribution in [0.2, 0.25) is 0 Å². The number of aldehydes is 1. The van der Waals surface area contributed by atoms with E-state index in [2.05, 4.69) is 5.10 Å². The van der Waals surface area contributed by atoms with E-state index in [1.165, 1.54) is 12.1 Å². The third kappa shape index (κ3) is 6.48. The number of hydrogen-bond donors (Lipinski definition) is 1. The predicted octanol–water partition coefficient (Wildman–Crippen LogP) is 3.27. The van der Waals surface area contributed by atoms with Gasteiger partial charge in [-0.25, -0.2) is 0 Å². The van der Waals surface area contributed by atoms with E-state index in [0.717, 1.165) is 21.2 Å². The Kier molecular flexibility index (Phi) is 7.77. The second-order valence-corrected chi connectivity index (χ2v) is 6.11. The van der Waals surface area contributed by atoms with E-state index in [1.54, 1.807) is 23.9 Å². The number of aromatic nitrogens is 2. The van der Waals surface area contributed by atoms with Crippen molar-refractivity contribution in [3.63, 3.8) is 0 Å². The van der Waals surface area contributed by atoms with Crippen LogP contribution in [0.25, 0.3) is 0 Å². The monoisotopic (exact) mass is 390 g/mol. The summed E-state index contributed by atoms with van der Waals surface area (Å²) in [6, 6.07) is 6.53. The fourth-order valence-corrected chi connectivity index (χ4v) is 2.87. The number of non-ortho nitro benzene ring substituents is 1. The normalized spacial score (nSPS) is 10.8. The van der Waals surface area contributed by atoms with Crippen LogP contribution in [0.5, 0.6) is 0 Å². The Hall–Kier alpha value is -2.40. The lowest BCUT2D eigenvalue weighted by molar-refractivity contribution is -0.384. The number of alkyl halides is 3. The minimum Gasteiger partial charge on any atom is -0.329 e. The van der Waals surface area contributed by atoms with Gasteiger partial charge in [0, 0.05) is 29.3 Å². The van der Waals surface area contributed by atoms with Crippen LogP contribution in [0.4, 0.5) is 18.9 Å². The van der Waals surface area contributed by atoms with Gasteiger partial charge >= 0.3 is 6.18 Å². The van der Waals surface area contributed by atoms with Crippen molar-refractivity contribution in [3.8, 4) is 0 Å². The van der Waals surface area contributed by atoms with Crippen molar-refractivity contribution in [2.75, 3.05) is 6.54 Å². The average molecular weight is 390 g/mol. The molecule has 2 N–H and O–H groups in total. The number of carbonyl (C=O) groups is 1. The van der Waals surface area contributed by atoms with Gasteiger partial charge in [0.2, 0.25) is 6.29 Å². The lowest BCUT2D eigenvalue weighted by Gasteiger charge is -2.04. The van der Waals surface area contributed by atoms with Gasteiger partial charge in [0.1, 0.15) is 0 Å². The fraction of sp³-hybridized carbons (Fsp3) is 0.333. The van der Waals surface area contributed by atoms with E-state index in [-0.39, 0.29) is 5.69 Å². The molecular formula is C15H17F3N4O3S. The van der Waals surface area contributed by atoms with Gasteiger partial charge in [-0.15, -0.1) is 0 Å². The second kappa shape index (κ2) is 9.34. The predicted molar refractivity (Wildman–Crippen MR) is 90.1 cm³/mol. The number of nitrogens with two attached hydrogens (primary N) is 1. The summed E-state index contributed by atoms with van der Waals surface area (Å²) in [6.07, 6.45) is -5.70. The number of rotatable bonds is 5. The quantitative estimate of drug-likeness (QED) is 0.477. The molecule has 2 rings (SSSR count). The molecule has 1 heterocycles. The highest BCUT2D eigenvalue weighted by atomic mass is 32.2. The maximum absolute atomic E-state index is 10.6. The van der Waals surface area contributed by atoms with Gasteiger partial charge in [-0.1, -0.05) is 11.8 Å². The molecule has 0 aliphatic carbocycles. The van der Waals surface area contributed by atoms with Crippen LogP contribution in [-0.2, 0) is 11.3 Å². The Balaban J connectivity index is 0.000000487. The third-order valence-corrected chi connectivity index (χ3v) is 4.36. The molecule has 0 saturated carbocycles. The molecule has 2 aromatic rings. The molecule has 0 fully saturated rings. The van der Waals surface area contributed by atoms with Crippen LogP contribution < -0.4 is 5.73 Å². The van der Waals surface area contributed by atoms with Crippen LogP contribution in [0.15, 0.2) is 34.1 Å². The lowest BCUT2D eigenvalue weighted by atomic mass is 10.3. The first kappa shape index (κ1) is 21.6. The van der Waals surface area contributed by atoms with Gasteiger partial charge in [-0.3, -0.25) is 19.6 Å². The molecule has 1 aromatic carbocycles. The SMILES string of the molecule is Cc1nn(CCN)c(C)c1Sc1ccc([N+](=O)[O-])cc1.O=CC(F)(F)F. The Morgan fingerprint density at radius 2 is 1.85 bits per heavy atom. The fourth-order valence-electron chi connectivity index (χ4n) is 1.92. The summed E-state index contributed by atoms with van der Waals surface area (Å²) in [5.41, 5.74) is 7.66. The zero-order valence-electron chi connectivity index (χ0n) is 14.0. The van der Waals surface area contributed by atoms with Crippen molar-refractivity contribution in [2.45, 2.75) is 36.4 Å². The summed E-state index contributed by atoms with van der Waals surface area (Å²) in [7, 11) is 0. The Morgan fingerprint density at radius 3 is 2.27 bits per heavy atom. The maximum Gasteiger partial charge on any atom is 0.446 e. The highest BCUT2D eigenvalue weighted by Gasteiger charge is 2.24. The van der Waals surface area contributed by atoms with Crippen molar-refractivity contribution < 1.29 is 22.9 Å². The van der Waals surface area contributed by atoms with Gasteiger partial charge in [0.25, 0.3) is 5.69 Å². The van der Waals surface area contributed by atoms with Crippen molar-refractivity contribution in [1.29, 1.82) is 0 Å². The van der Waals surface area contributed by atoms with E-state index >= 15 is 0 Å². The standard InChI is InChI=1S/C13H16N4O2S.C2HF3O/c1-9-13(10(2)16(15-9)8-7-14)20-12-5-3-11(4-6-12)17(18)19;3-2(4,5)1-6/h3-6H,7-8,14H2,1-2H3;1H. The van der Waals surface area contributed by atoms with Crippen molar-refractivity contribution >= 4 is 23.7 Å². The summed E-state index contributed by atoms with van der Waals surface area (Å²) in [6.45, 7) is 5.19. The first-order valence-electron chi connectivity index (χ1n) is 7.28. The van der Waals surface area contributed by atoms with Crippen molar-refractivity contribution in [2.24, 2.45) is 5.73 Å². The number of nitro groups is 1. The summed E-state index contributed by atoms with van der Waals surface area (Å²) in [5, 5.41) is 15.1. The number of aryl methyl sites for hydroxylation is 1. The van der Waals surface area contributed by atoms with E-state index in [9.17, 15) is 23.3 Å². The summed E-state index contributed by atoms with van der Waals surface area (Å²) >= 11 is 1.56. The zero-order valence-corrected chi connectivity index (χ0v) is 14.8. The van der Waals surface area contributed by atoms with Crippen molar-refractivity contribution in [1.82, 2.24) is 9.78 Å². The molecule has 0 spiro atoms. The molecule has 0 amide bonds. The highest BCUT2D eigenvalue weighted by Crippen LogP contribution is 2.33. The number of carbonyl (C=O) groups excluding carboxylic acids is 1. The molecule has 0 unspecified atom stereocenters. The molecule has 0 aliphatic heterocycles. The molecular weight excluding hydrogens is 373 g/mol. The van der Waals surface area contributed by atoms with Gasteiger partial charge < -0.3 is 5.73 Å². The highest BCUT2D eigenvalue weighted by molar-refractivity contribution is 7.99. The molecule has 0 aliphatic rings. The summed E-state index contributed by atoms with van der Waals surface area (Å²) < 4.78 is 33.1. The Bertz CT molecular complexity index is 761. The van der Waals surface area contributed by atoms with Crippen LogP contribution in [-0.4, -0.2) is 33.7 Å². The molecule has 142 valence electrons. The third-order valence-electron chi connectivity index (χ3n) is 3.06. The van der Waals surface area contributed by atoms with Crippen LogP contribution in [0, 0.1) is 24.0 Å². The molecule has 0 radical (unpaired) electrons. The maximum atomic E-state index is 10.6. The summed E-state index contributed by atoms with van der Waals surface area (Å²) in [4.78, 5) is 21.0. The smallest absolute Gasteiger partial charge is 0.329 e. The van der Waals surface area contributed by atoms with Gasteiger partial charge in [0.05, 0.1) is 22.1 Å². The minimum absolute atomic E-state index is 0.0987. The van der Waals surface area contributed by atoms with Crippen LogP contribution >= 0.6 is 11.8 Å². The first-order chi connectivity index (χ1) is 12.1. The van der Waals surface area contributed by atoms with Gasteiger partial charge in [0.15, 0.2) is 0 Å². The summed E-state index contributed by atoms with van der Waals surface area (Å²) in [5.74, 6) is 0. The van der Waals surface area contributed by atoms with Gasteiger partial charge in [-0.05, 0) is 26.0 Å². The zero-order chi connectivity index (χ0) is 19.9. The van der Waals surface area contributed by atoms with E-state index in [1.807, 2.05) is 18.5 Å². The molecule has 0 bridgehead atoms. The average Bonchev–Trinajstić information content (AvgIpc) is 2.83. The second-order valence-electron chi connectivity index (χ2n) is 5.02. The number of nitrogens with zero attached hydrogens (tertiary/aromatic N) is 3. The van der Waals surface area contributed by atoms with E-state index in [4.69, 9.17) is 10.5 Å². The van der Waals surface area contributed by atoms with Crippen molar-refractivity contribution in [3.05, 3.63) is 45.8 Å². The molecule has 0 saturated heterocycles. The molecule has 7 nitrogen and oxygen atoms in total. The minimum atomic E-state index is -4.64. The molecule has 1 aromatic heterocycles. The molecule has 0 atom stereocenters. The Morgan fingerprint density at radius 1 is 1.31 bits per heavy atom. The number of benzene rings is 1. The van der Waals surface area contributed by atoms with Gasteiger partial charge in [-0.2, -0.15) is 18.3 Å². The molecule has 11 heteroatoms. The van der Waals surface area contributed by atoms with Crippen LogP contribution in [0.1, 0.15) is 11.4 Å².